The molecule has 0 amide bonds. The third-order valence-electron chi connectivity index (χ3n) is 3.77. The highest BCUT2D eigenvalue weighted by molar-refractivity contribution is 5.65. The third kappa shape index (κ3) is 2.82. The zero-order valence-corrected chi connectivity index (χ0v) is 12.2. The Bertz CT molecular complexity index is 702. The Morgan fingerprint density at radius 2 is 1.86 bits per heavy atom. The number of methoxy groups -OCH3 is 1. The van der Waals surface area contributed by atoms with Crippen LogP contribution >= 0.6 is 0 Å². The van der Waals surface area contributed by atoms with Gasteiger partial charge in [-0.1, -0.05) is 36.4 Å². The van der Waals surface area contributed by atoms with Gasteiger partial charge in [-0.3, -0.25) is 0 Å². The Morgan fingerprint density at radius 3 is 2.52 bits per heavy atom. The van der Waals surface area contributed by atoms with Crippen LogP contribution in [-0.2, 0) is 0 Å². The van der Waals surface area contributed by atoms with E-state index in [2.05, 4.69) is 46.8 Å². The summed E-state index contributed by atoms with van der Waals surface area (Å²) in [6, 6.07) is 17.0. The molecule has 0 bridgehead atoms. The first-order chi connectivity index (χ1) is 10.3. The van der Waals surface area contributed by atoms with Gasteiger partial charge < -0.3 is 9.30 Å². The second-order valence-electron chi connectivity index (χ2n) is 5.04. The van der Waals surface area contributed by atoms with Gasteiger partial charge in [-0.2, -0.15) is 0 Å². The average Bonchev–Trinajstić information content (AvgIpc) is 3.09. The van der Waals surface area contributed by atoms with Gasteiger partial charge in [0.05, 0.1) is 19.5 Å². The number of imidazole rings is 1. The van der Waals surface area contributed by atoms with Crippen molar-refractivity contribution in [2.45, 2.75) is 13.0 Å². The molecule has 1 aromatic heterocycles. The van der Waals surface area contributed by atoms with Crippen LogP contribution in [0.1, 0.15) is 18.5 Å². The molecule has 0 saturated heterocycles. The molecule has 1 atom stereocenters. The summed E-state index contributed by atoms with van der Waals surface area (Å²) in [6.07, 6.45) is 5.64. The quantitative estimate of drug-likeness (QED) is 0.716. The summed E-state index contributed by atoms with van der Waals surface area (Å²) in [7, 11) is 1.69. The zero-order chi connectivity index (χ0) is 14.7. The first-order valence-electron chi connectivity index (χ1n) is 7.00. The lowest BCUT2D eigenvalue weighted by atomic mass is 10.0. The van der Waals surface area contributed by atoms with Crippen molar-refractivity contribution in [3.05, 3.63) is 72.8 Å². The zero-order valence-electron chi connectivity index (χ0n) is 12.2. The molecule has 0 saturated carbocycles. The lowest BCUT2D eigenvalue weighted by molar-refractivity contribution is 0.415. The van der Waals surface area contributed by atoms with Crippen molar-refractivity contribution in [3.63, 3.8) is 0 Å². The summed E-state index contributed by atoms with van der Waals surface area (Å²) < 4.78 is 7.37. The largest absolute Gasteiger partial charge is 0.497 e. The Kier molecular flexibility index (Phi) is 3.73. The van der Waals surface area contributed by atoms with E-state index in [-0.39, 0.29) is 6.04 Å². The molecular weight excluding hydrogens is 260 g/mol. The fourth-order valence-electron chi connectivity index (χ4n) is 2.43. The van der Waals surface area contributed by atoms with Crippen molar-refractivity contribution in [2.75, 3.05) is 7.11 Å². The van der Waals surface area contributed by atoms with Crippen molar-refractivity contribution in [3.8, 4) is 16.9 Å². The maximum atomic E-state index is 5.28. The maximum Gasteiger partial charge on any atom is 0.119 e. The van der Waals surface area contributed by atoms with Crippen molar-refractivity contribution in [1.82, 2.24) is 9.55 Å². The predicted octanol–water partition coefficient (Wildman–Crippen LogP) is 4.17. The summed E-state index contributed by atoms with van der Waals surface area (Å²) in [5, 5.41) is 0. The fraction of sp³-hybridized carbons (Fsp3) is 0.167. The van der Waals surface area contributed by atoms with Gasteiger partial charge in [0, 0.05) is 12.4 Å². The minimum atomic E-state index is 0.284. The van der Waals surface area contributed by atoms with E-state index in [1.165, 1.54) is 11.1 Å². The van der Waals surface area contributed by atoms with Crippen molar-refractivity contribution in [2.24, 2.45) is 0 Å². The molecular formula is C18H18N2O. The number of hydrogen-bond acceptors (Lipinski definition) is 2. The summed E-state index contributed by atoms with van der Waals surface area (Å²) in [5.74, 6) is 0.878. The minimum absolute atomic E-state index is 0.284. The first-order valence-corrected chi connectivity index (χ1v) is 7.00. The normalized spacial score (nSPS) is 12.1. The van der Waals surface area contributed by atoms with Crippen LogP contribution in [0.15, 0.2) is 67.3 Å². The van der Waals surface area contributed by atoms with Gasteiger partial charge in [-0.05, 0) is 35.7 Å². The molecule has 0 spiro atoms. The van der Waals surface area contributed by atoms with E-state index in [0.29, 0.717) is 0 Å². The molecule has 0 N–H and O–H groups in total. The summed E-state index contributed by atoms with van der Waals surface area (Å²) >= 11 is 0. The number of benzene rings is 2. The Labute approximate surface area is 124 Å². The summed E-state index contributed by atoms with van der Waals surface area (Å²) in [6.45, 7) is 2.17. The molecule has 0 radical (unpaired) electrons. The van der Waals surface area contributed by atoms with E-state index in [0.717, 1.165) is 11.3 Å². The second kappa shape index (κ2) is 5.83. The lowest BCUT2D eigenvalue weighted by Crippen LogP contribution is -2.03. The molecule has 0 fully saturated rings. The SMILES string of the molecule is COc1cccc(-c2ccc(C(C)n3ccnc3)cc2)c1. The monoisotopic (exact) mass is 278 g/mol. The minimum Gasteiger partial charge on any atom is -0.497 e. The molecule has 21 heavy (non-hydrogen) atoms. The third-order valence-corrected chi connectivity index (χ3v) is 3.77. The lowest BCUT2D eigenvalue weighted by Gasteiger charge is -2.14. The van der Waals surface area contributed by atoms with Gasteiger partial charge in [-0.15, -0.1) is 0 Å². The average molecular weight is 278 g/mol. The Hall–Kier alpha value is -2.55. The van der Waals surface area contributed by atoms with Crippen LogP contribution in [0.5, 0.6) is 5.75 Å². The standard InChI is InChI=1S/C18H18N2O/c1-14(20-11-10-19-13-20)15-6-8-16(9-7-15)17-4-3-5-18(12-17)21-2/h3-14H,1-2H3. The van der Waals surface area contributed by atoms with Crippen LogP contribution < -0.4 is 4.74 Å². The summed E-state index contributed by atoms with van der Waals surface area (Å²) in [4.78, 5) is 4.10. The first kappa shape index (κ1) is 13.4. The Balaban J connectivity index is 1.86. The van der Waals surface area contributed by atoms with E-state index in [9.17, 15) is 0 Å². The number of nitrogens with zero attached hydrogens (tertiary/aromatic N) is 2. The van der Waals surface area contributed by atoms with E-state index in [1.807, 2.05) is 30.7 Å². The molecule has 0 aliphatic rings. The maximum absolute atomic E-state index is 5.28. The van der Waals surface area contributed by atoms with Crippen LogP contribution in [-0.4, -0.2) is 16.7 Å². The molecule has 3 rings (SSSR count). The van der Waals surface area contributed by atoms with Crippen LogP contribution in [0.3, 0.4) is 0 Å². The van der Waals surface area contributed by atoms with Gasteiger partial charge in [-0.25, -0.2) is 4.98 Å². The van der Waals surface area contributed by atoms with Crippen molar-refractivity contribution in [1.29, 1.82) is 0 Å². The van der Waals surface area contributed by atoms with Crippen molar-refractivity contribution < 1.29 is 4.74 Å². The topological polar surface area (TPSA) is 27.1 Å². The van der Waals surface area contributed by atoms with E-state index in [1.54, 1.807) is 13.3 Å². The molecule has 2 aromatic carbocycles. The van der Waals surface area contributed by atoms with Crippen molar-refractivity contribution >= 4 is 0 Å². The number of aromatic nitrogens is 2. The van der Waals surface area contributed by atoms with Crippen LogP contribution in [0.4, 0.5) is 0 Å². The highest BCUT2D eigenvalue weighted by Gasteiger charge is 2.07. The number of rotatable bonds is 4. The molecule has 3 aromatic rings. The van der Waals surface area contributed by atoms with Gasteiger partial charge in [0.1, 0.15) is 5.75 Å². The van der Waals surface area contributed by atoms with Gasteiger partial charge in [0.15, 0.2) is 0 Å². The van der Waals surface area contributed by atoms with Gasteiger partial charge in [0.25, 0.3) is 0 Å². The highest BCUT2D eigenvalue weighted by atomic mass is 16.5. The van der Waals surface area contributed by atoms with Gasteiger partial charge in [0.2, 0.25) is 0 Å². The van der Waals surface area contributed by atoms with Crippen LogP contribution in [0.2, 0.25) is 0 Å². The molecule has 3 nitrogen and oxygen atoms in total. The molecule has 106 valence electrons. The molecule has 0 aliphatic carbocycles. The van der Waals surface area contributed by atoms with E-state index >= 15 is 0 Å². The number of ether oxygens (including phenoxy) is 1. The molecule has 3 heteroatoms. The number of hydrogen-bond donors (Lipinski definition) is 0. The highest BCUT2D eigenvalue weighted by Crippen LogP contribution is 2.26. The summed E-state index contributed by atoms with van der Waals surface area (Å²) in [5.41, 5.74) is 3.62. The molecule has 0 aliphatic heterocycles. The predicted molar refractivity (Wildman–Crippen MR) is 84.5 cm³/mol. The smallest absolute Gasteiger partial charge is 0.119 e. The molecule has 1 unspecified atom stereocenters. The van der Waals surface area contributed by atoms with E-state index < -0.39 is 0 Å². The van der Waals surface area contributed by atoms with E-state index in [4.69, 9.17) is 4.74 Å². The van der Waals surface area contributed by atoms with Crippen LogP contribution in [0, 0.1) is 0 Å². The fourth-order valence-corrected chi connectivity index (χ4v) is 2.43. The van der Waals surface area contributed by atoms with Crippen LogP contribution in [0.25, 0.3) is 11.1 Å². The van der Waals surface area contributed by atoms with Gasteiger partial charge >= 0.3 is 0 Å². The second-order valence-corrected chi connectivity index (χ2v) is 5.04. The Morgan fingerprint density at radius 1 is 1.05 bits per heavy atom. The molecule has 1 heterocycles.